The van der Waals surface area contributed by atoms with Gasteiger partial charge in [-0.15, -0.1) is 0 Å². The Bertz CT molecular complexity index is 317. The largest absolute Gasteiger partial charge is 0.316 e. The first-order valence-electron chi connectivity index (χ1n) is 6.15. The van der Waals surface area contributed by atoms with Crippen LogP contribution in [-0.2, 0) is 13.5 Å². The van der Waals surface area contributed by atoms with Crippen LogP contribution in [0.3, 0.4) is 0 Å². The molecule has 0 amide bonds. The zero-order valence-electron chi connectivity index (χ0n) is 11.1. The monoisotopic (exact) mass is 224 g/mol. The number of aromatic nitrogens is 3. The average Bonchev–Trinajstić information content (AvgIpc) is 2.54. The maximum atomic E-state index is 4.61. The average molecular weight is 224 g/mol. The quantitative estimate of drug-likeness (QED) is 0.800. The lowest BCUT2D eigenvalue weighted by molar-refractivity contribution is 0.571. The fourth-order valence-electron chi connectivity index (χ4n) is 1.78. The van der Waals surface area contributed by atoms with E-state index in [4.69, 9.17) is 0 Å². The lowest BCUT2D eigenvalue weighted by Crippen LogP contribution is -2.21. The molecule has 0 aliphatic carbocycles. The van der Waals surface area contributed by atoms with Crippen molar-refractivity contribution in [3.63, 3.8) is 0 Å². The highest BCUT2D eigenvalue weighted by atomic mass is 15.3. The summed E-state index contributed by atoms with van der Waals surface area (Å²) in [7, 11) is 1.98. The van der Waals surface area contributed by atoms with Crippen LogP contribution in [0.2, 0.25) is 0 Å². The first-order chi connectivity index (χ1) is 7.54. The summed E-state index contributed by atoms with van der Waals surface area (Å²) in [4.78, 5) is 4.61. The molecule has 1 N–H and O–H groups in total. The molecule has 0 radical (unpaired) electrons. The van der Waals surface area contributed by atoms with Crippen LogP contribution in [0.1, 0.15) is 45.3 Å². The van der Waals surface area contributed by atoms with Crippen molar-refractivity contribution >= 4 is 0 Å². The van der Waals surface area contributed by atoms with E-state index >= 15 is 0 Å². The molecule has 1 heterocycles. The van der Waals surface area contributed by atoms with E-state index in [1.807, 2.05) is 11.7 Å². The lowest BCUT2D eigenvalue weighted by atomic mass is 10.1. The number of nitrogens with one attached hydrogen (secondary N) is 1. The van der Waals surface area contributed by atoms with Gasteiger partial charge in [0, 0.05) is 25.9 Å². The summed E-state index contributed by atoms with van der Waals surface area (Å²) in [6.07, 6.45) is 0.960. The molecule has 92 valence electrons. The molecule has 0 aromatic carbocycles. The Hall–Kier alpha value is -0.900. The smallest absolute Gasteiger partial charge is 0.151 e. The van der Waals surface area contributed by atoms with Crippen LogP contribution in [0.4, 0.5) is 0 Å². The maximum absolute atomic E-state index is 4.61. The number of rotatable bonds is 6. The van der Waals surface area contributed by atoms with Crippen molar-refractivity contribution < 1.29 is 0 Å². The van der Waals surface area contributed by atoms with E-state index < -0.39 is 0 Å². The van der Waals surface area contributed by atoms with Crippen LogP contribution in [0.15, 0.2) is 0 Å². The minimum atomic E-state index is 0.415. The third-order valence-corrected chi connectivity index (χ3v) is 2.57. The van der Waals surface area contributed by atoms with Crippen molar-refractivity contribution in [1.82, 2.24) is 20.1 Å². The second-order valence-electron chi connectivity index (χ2n) is 4.82. The molecule has 16 heavy (non-hydrogen) atoms. The summed E-state index contributed by atoms with van der Waals surface area (Å²) in [5.74, 6) is 3.07. The van der Waals surface area contributed by atoms with Gasteiger partial charge >= 0.3 is 0 Å². The van der Waals surface area contributed by atoms with Crippen LogP contribution in [-0.4, -0.2) is 27.9 Å². The molecule has 1 aromatic heterocycles. The highest BCUT2D eigenvalue weighted by Crippen LogP contribution is 2.12. The summed E-state index contributed by atoms with van der Waals surface area (Å²) >= 11 is 0. The Morgan fingerprint density at radius 3 is 2.56 bits per heavy atom. The Morgan fingerprint density at radius 1 is 1.31 bits per heavy atom. The topological polar surface area (TPSA) is 42.7 Å². The molecule has 1 rings (SSSR count). The van der Waals surface area contributed by atoms with Crippen LogP contribution in [0, 0.1) is 5.92 Å². The fraction of sp³-hybridized carbons (Fsp3) is 0.833. The summed E-state index contributed by atoms with van der Waals surface area (Å²) in [5.41, 5.74) is 0. The molecule has 0 saturated carbocycles. The van der Waals surface area contributed by atoms with Gasteiger partial charge in [0.05, 0.1) is 0 Å². The number of aryl methyl sites for hydroxylation is 1. The SMILES string of the molecule is CCNCC(C)c1nc(CC(C)C)nn1C. The molecule has 4 heteroatoms. The minimum Gasteiger partial charge on any atom is -0.316 e. The molecule has 1 unspecified atom stereocenters. The maximum Gasteiger partial charge on any atom is 0.151 e. The predicted octanol–water partition coefficient (Wildman–Crippen LogP) is 1.73. The summed E-state index contributed by atoms with van der Waals surface area (Å²) in [6, 6.07) is 0. The second kappa shape index (κ2) is 5.99. The van der Waals surface area contributed by atoms with E-state index in [2.05, 4.69) is 43.1 Å². The van der Waals surface area contributed by atoms with Crippen LogP contribution in [0.5, 0.6) is 0 Å². The van der Waals surface area contributed by atoms with Gasteiger partial charge in [0.25, 0.3) is 0 Å². The van der Waals surface area contributed by atoms with Gasteiger partial charge in [-0.2, -0.15) is 5.10 Å². The Labute approximate surface area is 98.5 Å². The normalized spacial score (nSPS) is 13.4. The van der Waals surface area contributed by atoms with E-state index in [0.29, 0.717) is 11.8 Å². The van der Waals surface area contributed by atoms with Crippen LogP contribution in [0.25, 0.3) is 0 Å². The highest BCUT2D eigenvalue weighted by molar-refractivity contribution is 4.99. The molecular weight excluding hydrogens is 200 g/mol. The zero-order valence-corrected chi connectivity index (χ0v) is 11.1. The molecule has 0 bridgehead atoms. The summed E-state index contributed by atoms with van der Waals surface area (Å²) < 4.78 is 1.92. The Morgan fingerprint density at radius 2 is 2.00 bits per heavy atom. The Kier molecular flexibility index (Phi) is 4.93. The van der Waals surface area contributed by atoms with E-state index in [1.165, 1.54) is 0 Å². The molecular formula is C12H24N4. The molecule has 1 atom stereocenters. The molecule has 0 spiro atoms. The highest BCUT2D eigenvalue weighted by Gasteiger charge is 2.14. The van der Waals surface area contributed by atoms with Gasteiger partial charge in [-0.1, -0.05) is 27.7 Å². The van der Waals surface area contributed by atoms with E-state index in [1.54, 1.807) is 0 Å². The van der Waals surface area contributed by atoms with Crippen LogP contribution < -0.4 is 5.32 Å². The van der Waals surface area contributed by atoms with E-state index in [-0.39, 0.29) is 0 Å². The molecule has 1 aromatic rings. The van der Waals surface area contributed by atoms with Crippen LogP contribution >= 0.6 is 0 Å². The summed E-state index contributed by atoms with van der Waals surface area (Å²) in [5, 5.41) is 7.80. The number of nitrogens with zero attached hydrogens (tertiary/aromatic N) is 3. The standard InChI is InChI=1S/C12H24N4/c1-6-13-8-10(4)12-14-11(7-9(2)3)15-16(12)5/h9-10,13H,6-8H2,1-5H3. The van der Waals surface area contributed by atoms with Gasteiger partial charge in [-0.3, -0.25) is 4.68 Å². The number of likely N-dealkylation sites (N-methyl/N-ethyl adjacent to an activating group) is 1. The summed E-state index contributed by atoms with van der Waals surface area (Å²) in [6.45, 7) is 10.7. The van der Waals surface area contributed by atoms with Gasteiger partial charge in [-0.25, -0.2) is 4.98 Å². The van der Waals surface area contributed by atoms with E-state index in [0.717, 1.165) is 31.2 Å². The molecule has 0 aliphatic rings. The van der Waals surface area contributed by atoms with Crippen molar-refractivity contribution in [2.45, 2.75) is 40.0 Å². The number of hydrogen-bond acceptors (Lipinski definition) is 3. The second-order valence-corrected chi connectivity index (χ2v) is 4.82. The van der Waals surface area contributed by atoms with Gasteiger partial charge in [0.15, 0.2) is 5.82 Å². The van der Waals surface area contributed by atoms with Crippen molar-refractivity contribution in [3.05, 3.63) is 11.6 Å². The molecule has 0 aliphatic heterocycles. The molecule has 0 fully saturated rings. The first-order valence-corrected chi connectivity index (χ1v) is 6.15. The molecule has 0 saturated heterocycles. The third kappa shape index (κ3) is 3.59. The van der Waals surface area contributed by atoms with Gasteiger partial charge in [0.1, 0.15) is 5.82 Å². The third-order valence-electron chi connectivity index (χ3n) is 2.57. The molecule has 4 nitrogen and oxygen atoms in total. The number of hydrogen-bond donors (Lipinski definition) is 1. The van der Waals surface area contributed by atoms with Crippen molar-refractivity contribution in [1.29, 1.82) is 0 Å². The van der Waals surface area contributed by atoms with Gasteiger partial charge in [-0.05, 0) is 12.5 Å². The van der Waals surface area contributed by atoms with Gasteiger partial charge < -0.3 is 5.32 Å². The van der Waals surface area contributed by atoms with Gasteiger partial charge in [0.2, 0.25) is 0 Å². The Balaban J connectivity index is 2.68. The van der Waals surface area contributed by atoms with Crippen molar-refractivity contribution in [2.75, 3.05) is 13.1 Å². The first kappa shape index (κ1) is 13.2. The minimum absolute atomic E-state index is 0.415. The van der Waals surface area contributed by atoms with E-state index in [9.17, 15) is 0 Å². The fourth-order valence-corrected chi connectivity index (χ4v) is 1.78. The predicted molar refractivity (Wildman–Crippen MR) is 66.5 cm³/mol. The van der Waals surface area contributed by atoms with Crippen molar-refractivity contribution in [3.8, 4) is 0 Å². The zero-order chi connectivity index (χ0) is 12.1. The lowest BCUT2D eigenvalue weighted by Gasteiger charge is -2.09. The van der Waals surface area contributed by atoms with Crippen molar-refractivity contribution in [2.24, 2.45) is 13.0 Å².